The monoisotopic (exact) mass is 465 g/mol. The van der Waals surface area contributed by atoms with Gasteiger partial charge in [0.15, 0.2) is 5.78 Å². The molecule has 2 aromatic carbocycles. The van der Waals surface area contributed by atoms with Crippen LogP contribution in [0.3, 0.4) is 0 Å². The van der Waals surface area contributed by atoms with Crippen molar-refractivity contribution in [2.75, 3.05) is 6.54 Å². The van der Waals surface area contributed by atoms with Crippen LogP contribution >= 0.6 is 15.9 Å². The molecule has 152 valence electrons. The van der Waals surface area contributed by atoms with E-state index in [1.54, 1.807) is 41.7 Å². The highest BCUT2D eigenvalue weighted by atomic mass is 79.9. The number of nitrogens with zero attached hydrogens (tertiary/aromatic N) is 3. The molecule has 0 bridgehead atoms. The van der Waals surface area contributed by atoms with Gasteiger partial charge in [0.05, 0.1) is 12.4 Å². The van der Waals surface area contributed by atoms with E-state index in [0.717, 1.165) is 10.0 Å². The van der Waals surface area contributed by atoms with Gasteiger partial charge < -0.3 is 9.47 Å². The van der Waals surface area contributed by atoms with Crippen LogP contribution in [0.4, 0.5) is 0 Å². The molecule has 30 heavy (non-hydrogen) atoms. The SMILES string of the molecule is O=C1C(=O)N(CCCn2ccnc2)C(c2ccc(Br)cc2)C1C(=O)c1ccccc1. The maximum Gasteiger partial charge on any atom is 0.291 e. The number of hydrogen-bond acceptors (Lipinski definition) is 4. The average Bonchev–Trinajstić information content (AvgIpc) is 3.37. The number of ketones is 2. The van der Waals surface area contributed by atoms with Crippen molar-refractivity contribution in [1.82, 2.24) is 14.5 Å². The maximum atomic E-state index is 13.2. The van der Waals surface area contributed by atoms with Crippen molar-refractivity contribution < 1.29 is 14.4 Å². The third-order valence-corrected chi connectivity index (χ3v) is 5.86. The molecule has 3 aromatic rings. The summed E-state index contributed by atoms with van der Waals surface area (Å²) in [7, 11) is 0. The molecule has 7 heteroatoms. The number of Topliss-reactive ketones (excluding diaryl/α,β-unsaturated/α-hetero) is 2. The summed E-state index contributed by atoms with van der Waals surface area (Å²) in [6.07, 6.45) is 5.91. The summed E-state index contributed by atoms with van der Waals surface area (Å²) in [6, 6.07) is 15.5. The standard InChI is InChI=1S/C23H20BrN3O3/c24-18-9-7-16(8-10-18)20-19(21(28)17-5-2-1-3-6-17)22(29)23(30)27(20)13-4-12-26-14-11-25-15-26/h1-3,5-11,14-15,19-20H,4,12-13H2. The molecule has 0 aliphatic carbocycles. The largest absolute Gasteiger partial charge is 0.337 e. The molecule has 0 radical (unpaired) electrons. The summed E-state index contributed by atoms with van der Waals surface area (Å²) < 4.78 is 2.81. The Hall–Kier alpha value is -3.06. The highest BCUT2D eigenvalue weighted by molar-refractivity contribution is 9.10. The Morgan fingerprint density at radius 1 is 1.00 bits per heavy atom. The van der Waals surface area contributed by atoms with Gasteiger partial charge in [0.2, 0.25) is 5.78 Å². The molecule has 2 heterocycles. The van der Waals surface area contributed by atoms with Gasteiger partial charge >= 0.3 is 0 Å². The molecule has 1 amide bonds. The quantitative estimate of drug-likeness (QED) is 0.303. The molecule has 4 rings (SSSR count). The predicted octanol–water partition coefficient (Wildman–Crippen LogP) is 3.69. The lowest BCUT2D eigenvalue weighted by Gasteiger charge is -2.27. The first-order chi connectivity index (χ1) is 14.6. The number of halogens is 1. The van der Waals surface area contributed by atoms with E-state index < -0.39 is 23.7 Å². The van der Waals surface area contributed by atoms with Crippen LogP contribution in [0.5, 0.6) is 0 Å². The van der Waals surface area contributed by atoms with E-state index in [0.29, 0.717) is 25.1 Å². The average molecular weight is 466 g/mol. The lowest BCUT2D eigenvalue weighted by atomic mass is 9.86. The molecule has 2 unspecified atom stereocenters. The summed E-state index contributed by atoms with van der Waals surface area (Å²) in [4.78, 5) is 44.6. The summed E-state index contributed by atoms with van der Waals surface area (Å²) >= 11 is 3.41. The van der Waals surface area contributed by atoms with Crippen LogP contribution in [0.1, 0.15) is 28.4 Å². The van der Waals surface area contributed by atoms with E-state index >= 15 is 0 Å². The van der Waals surface area contributed by atoms with Crippen molar-refractivity contribution >= 4 is 33.4 Å². The van der Waals surface area contributed by atoms with Crippen LogP contribution in [0, 0.1) is 5.92 Å². The van der Waals surface area contributed by atoms with E-state index in [9.17, 15) is 14.4 Å². The number of aromatic nitrogens is 2. The van der Waals surface area contributed by atoms with Gasteiger partial charge in [0.25, 0.3) is 5.91 Å². The first-order valence-corrected chi connectivity index (χ1v) is 10.5. The second kappa shape index (κ2) is 8.75. The number of imidazole rings is 1. The topological polar surface area (TPSA) is 72.3 Å². The third kappa shape index (κ3) is 3.98. The molecule has 1 saturated heterocycles. The van der Waals surface area contributed by atoms with Gasteiger partial charge in [-0.1, -0.05) is 58.4 Å². The van der Waals surface area contributed by atoms with Gasteiger partial charge in [-0.05, 0) is 24.1 Å². The Kier molecular flexibility index (Phi) is 5.90. The van der Waals surface area contributed by atoms with Gasteiger partial charge in [-0.2, -0.15) is 0 Å². The molecule has 1 aliphatic rings. The Morgan fingerprint density at radius 2 is 1.73 bits per heavy atom. The predicted molar refractivity (Wildman–Crippen MR) is 115 cm³/mol. The Bertz CT molecular complexity index is 1050. The zero-order valence-corrected chi connectivity index (χ0v) is 17.7. The highest BCUT2D eigenvalue weighted by Crippen LogP contribution is 2.38. The van der Waals surface area contributed by atoms with E-state index in [-0.39, 0.29) is 5.78 Å². The highest BCUT2D eigenvalue weighted by Gasteiger charge is 2.51. The Balaban J connectivity index is 1.65. The minimum Gasteiger partial charge on any atom is -0.337 e. The summed E-state index contributed by atoms with van der Waals surface area (Å²) in [5.41, 5.74) is 1.21. The van der Waals surface area contributed by atoms with E-state index in [1.165, 1.54) is 0 Å². The van der Waals surface area contributed by atoms with Crippen LogP contribution in [-0.2, 0) is 16.1 Å². The van der Waals surface area contributed by atoms with Crippen LogP contribution in [0.2, 0.25) is 0 Å². The molecular formula is C23H20BrN3O3. The fourth-order valence-electron chi connectivity index (χ4n) is 3.88. The Morgan fingerprint density at radius 3 is 2.40 bits per heavy atom. The molecule has 0 spiro atoms. The number of amides is 1. The number of aryl methyl sites for hydroxylation is 1. The van der Waals surface area contributed by atoms with Crippen LogP contribution in [0.25, 0.3) is 0 Å². The molecule has 1 aromatic heterocycles. The molecule has 0 saturated carbocycles. The van der Waals surface area contributed by atoms with E-state index in [2.05, 4.69) is 20.9 Å². The number of carbonyl (C=O) groups is 3. The molecule has 1 fully saturated rings. The first-order valence-electron chi connectivity index (χ1n) is 9.71. The van der Waals surface area contributed by atoms with Crippen LogP contribution in [-0.4, -0.2) is 38.5 Å². The number of hydrogen-bond donors (Lipinski definition) is 0. The summed E-state index contributed by atoms with van der Waals surface area (Å²) in [6.45, 7) is 1.05. The van der Waals surface area contributed by atoms with Crippen molar-refractivity contribution in [3.8, 4) is 0 Å². The van der Waals surface area contributed by atoms with Crippen LogP contribution in [0.15, 0.2) is 77.8 Å². The first kappa shape index (κ1) is 20.2. The lowest BCUT2D eigenvalue weighted by Crippen LogP contribution is -2.32. The molecule has 1 aliphatic heterocycles. The molecule has 0 N–H and O–H groups in total. The van der Waals surface area contributed by atoms with Gasteiger partial charge in [-0.15, -0.1) is 0 Å². The number of likely N-dealkylation sites (tertiary alicyclic amines) is 1. The third-order valence-electron chi connectivity index (χ3n) is 5.33. The smallest absolute Gasteiger partial charge is 0.291 e. The lowest BCUT2D eigenvalue weighted by molar-refractivity contribution is -0.140. The summed E-state index contributed by atoms with van der Waals surface area (Å²) in [5.74, 6) is -2.60. The fourth-order valence-corrected chi connectivity index (χ4v) is 4.15. The van der Waals surface area contributed by atoms with Crippen molar-refractivity contribution in [1.29, 1.82) is 0 Å². The molecule has 2 atom stereocenters. The second-order valence-electron chi connectivity index (χ2n) is 7.22. The summed E-state index contributed by atoms with van der Waals surface area (Å²) in [5, 5.41) is 0. The van der Waals surface area contributed by atoms with E-state index in [4.69, 9.17) is 0 Å². The van der Waals surface area contributed by atoms with E-state index in [1.807, 2.05) is 41.1 Å². The zero-order chi connectivity index (χ0) is 21.1. The normalized spacial score (nSPS) is 18.8. The van der Waals surface area contributed by atoms with Gasteiger partial charge in [0, 0.05) is 35.5 Å². The van der Waals surface area contributed by atoms with Gasteiger partial charge in [-0.3, -0.25) is 14.4 Å². The molecular weight excluding hydrogens is 446 g/mol. The Labute approximate surface area is 182 Å². The van der Waals surface area contributed by atoms with Crippen molar-refractivity contribution in [2.24, 2.45) is 5.92 Å². The number of benzene rings is 2. The van der Waals surface area contributed by atoms with Crippen molar-refractivity contribution in [3.05, 3.63) is 88.9 Å². The zero-order valence-electron chi connectivity index (χ0n) is 16.1. The maximum absolute atomic E-state index is 13.2. The number of rotatable bonds is 7. The van der Waals surface area contributed by atoms with Crippen molar-refractivity contribution in [2.45, 2.75) is 19.0 Å². The van der Waals surface area contributed by atoms with Crippen molar-refractivity contribution in [3.63, 3.8) is 0 Å². The number of carbonyl (C=O) groups excluding carboxylic acids is 3. The van der Waals surface area contributed by atoms with Gasteiger partial charge in [0.1, 0.15) is 5.92 Å². The molecule has 6 nitrogen and oxygen atoms in total. The van der Waals surface area contributed by atoms with Crippen LogP contribution < -0.4 is 0 Å². The minimum absolute atomic E-state index is 0.320. The minimum atomic E-state index is -1.05. The fraction of sp³-hybridized carbons (Fsp3) is 0.217. The second-order valence-corrected chi connectivity index (χ2v) is 8.14. The van der Waals surface area contributed by atoms with Gasteiger partial charge in [-0.25, -0.2) is 4.98 Å².